The van der Waals surface area contributed by atoms with Gasteiger partial charge in [0.1, 0.15) is 0 Å². The fourth-order valence-corrected chi connectivity index (χ4v) is 3.20. The van der Waals surface area contributed by atoms with Crippen LogP contribution in [-0.2, 0) is 17.5 Å². The lowest BCUT2D eigenvalue weighted by atomic mass is 10.1. The van der Waals surface area contributed by atoms with Crippen LogP contribution in [0.25, 0.3) is 0 Å². The highest BCUT2D eigenvalue weighted by atomic mass is 19.4. The SMILES string of the molecule is CC(C(=O)NC1CC1)N1CCN(Cc2ccccc2C(F)(F)F)CC1. The van der Waals surface area contributed by atoms with E-state index in [1.807, 2.05) is 11.8 Å². The Kier molecular flexibility index (Phi) is 5.34. The Balaban J connectivity index is 1.53. The number of alkyl halides is 3. The smallest absolute Gasteiger partial charge is 0.352 e. The molecule has 7 heteroatoms. The van der Waals surface area contributed by atoms with Gasteiger partial charge in [-0.1, -0.05) is 18.2 Å². The lowest BCUT2D eigenvalue weighted by molar-refractivity contribution is -0.138. The zero-order valence-electron chi connectivity index (χ0n) is 14.4. The van der Waals surface area contributed by atoms with Crippen molar-refractivity contribution in [1.82, 2.24) is 15.1 Å². The minimum Gasteiger partial charge on any atom is -0.352 e. The van der Waals surface area contributed by atoms with E-state index < -0.39 is 11.7 Å². The third kappa shape index (κ3) is 4.73. The standard InChI is InChI=1S/C18H24F3N3O/c1-13(17(25)22-15-6-7-15)24-10-8-23(9-11-24)12-14-4-2-3-5-16(14)18(19,20)21/h2-5,13,15H,6-12H2,1H3,(H,22,25). The third-order valence-corrected chi connectivity index (χ3v) is 4.97. The summed E-state index contributed by atoms with van der Waals surface area (Å²) < 4.78 is 39.3. The predicted molar refractivity (Wildman–Crippen MR) is 88.9 cm³/mol. The number of halogens is 3. The van der Waals surface area contributed by atoms with E-state index in [-0.39, 0.29) is 18.5 Å². The Morgan fingerprint density at radius 1 is 1.20 bits per heavy atom. The molecule has 1 aromatic carbocycles. The van der Waals surface area contributed by atoms with E-state index >= 15 is 0 Å². The molecule has 0 spiro atoms. The Morgan fingerprint density at radius 3 is 2.44 bits per heavy atom. The minimum absolute atomic E-state index is 0.0540. The molecule has 1 amide bonds. The van der Waals surface area contributed by atoms with Crippen LogP contribution in [0.3, 0.4) is 0 Å². The second-order valence-electron chi connectivity index (χ2n) is 6.93. The number of piperazine rings is 1. The average Bonchev–Trinajstić information content (AvgIpc) is 3.38. The molecule has 1 saturated carbocycles. The Labute approximate surface area is 146 Å². The number of amides is 1. The van der Waals surface area contributed by atoms with Crippen molar-refractivity contribution in [3.63, 3.8) is 0 Å². The maximum Gasteiger partial charge on any atom is 0.416 e. The second kappa shape index (κ2) is 7.33. The van der Waals surface area contributed by atoms with Crippen molar-refractivity contribution in [2.45, 2.75) is 44.6 Å². The van der Waals surface area contributed by atoms with Gasteiger partial charge in [0.05, 0.1) is 11.6 Å². The molecule has 2 aliphatic rings. The molecule has 1 aliphatic carbocycles. The van der Waals surface area contributed by atoms with Crippen LogP contribution >= 0.6 is 0 Å². The van der Waals surface area contributed by atoms with Crippen molar-refractivity contribution in [2.24, 2.45) is 0 Å². The number of hydrogen-bond donors (Lipinski definition) is 1. The Hall–Kier alpha value is -1.60. The van der Waals surface area contributed by atoms with Crippen molar-refractivity contribution in [3.05, 3.63) is 35.4 Å². The molecular weight excluding hydrogens is 331 g/mol. The number of benzene rings is 1. The van der Waals surface area contributed by atoms with Gasteiger partial charge in [-0.15, -0.1) is 0 Å². The number of carbonyl (C=O) groups excluding carboxylic acids is 1. The van der Waals surface area contributed by atoms with Gasteiger partial charge in [0.25, 0.3) is 0 Å². The van der Waals surface area contributed by atoms with Crippen LogP contribution in [0, 0.1) is 0 Å². The molecule has 3 rings (SSSR count). The summed E-state index contributed by atoms with van der Waals surface area (Å²) in [5, 5.41) is 3.01. The van der Waals surface area contributed by atoms with E-state index in [4.69, 9.17) is 0 Å². The molecular formula is C18H24F3N3O. The summed E-state index contributed by atoms with van der Waals surface area (Å²) in [6, 6.07) is 5.90. The van der Waals surface area contributed by atoms with Gasteiger partial charge in [0.15, 0.2) is 0 Å². The minimum atomic E-state index is -4.33. The topological polar surface area (TPSA) is 35.6 Å². The first-order valence-electron chi connectivity index (χ1n) is 8.76. The molecule has 0 aromatic heterocycles. The zero-order valence-corrected chi connectivity index (χ0v) is 14.4. The summed E-state index contributed by atoms with van der Waals surface area (Å²) in [5.74, 6) is 0.0540. The lowest BCUT2D eigenvalue weighted by Crippen LogP contribution is -2.53. The van der Waals surface area contributed by atoms with Crippen molar-refractivity contribution in [1.29, 1.82) is 0 Å². The van der Waals surface area contributed by atoms with Gasteiger partial charge in [-0.05, 0) is 31.4 Å². The molecule has 1 atom stereocenters. The first-order valence-corrected chi connectivity index (χ1v) is 8.76. The van der Waals surface area contributed by atoms with Crippen molar-refractivity contribution in [2.75, 3.05) is 26.2 Å². The summed E-state index contributed by atoms with van der Waals surface area (Å²) >= 11 is 0. The Bertz CT molecular complexity index is 608. The number of nitrogens with zero attached hydrogens (tertiary/aromatic N) is 2. The van der Waals surface area contributed by atoms with Gasteiger partial charge in [0, 0.05) is 38.8 Å². The van der Waals surface area contributed by atoms with Crippen LogP contribution < -0.4 is 5.32 Å². The maximum absolute atomic E-state index is 13.1. The first-order chi connectivity index (χ1) is 11.8. The van der Waals surface area contributed by atoms with E-state index in [1.54, 1.807) is 12.1 Å². The normalized spacial score (nSPS) is 21.1. The number of carbonyl (C=O) groups is 1. The summed E-state index contributed by atoms with van der Waals surface area (Å²) in [4.78, 5) is 16.3. The van der Waals surface area contributed by atoms with Crippen LogP contribution in [0.1, 0.15) is 30.9 Å². The molecule has 0 bridgehead atoms. The van der Waals surface area contributed by atoms with E-state index in [9.17, 15) is 18.0 Å². The predicted octanol–water partition coefficient (Wildman–Crippen LogP) is 2.49. The van der Waals surface area contributed by atoms with Crippen LogP contribution in [-0.4, -0.2) is 54.0 Å². The molecule has 1 heterocycles. The largest absolute Gasteiger partial charge is 0.416 e. The molecule has 1 unspecified atom stereocenters. The molecule has 1 aliphatic heterocycles. The van der Waals surface area contributed by atoms with E-state index in [2.05, 4.69) is 10.2 Å². The molecule has 4 nitrogen and oxygen atoms in total. The molecule has 2 fully saturated rings. The molecule has 25 heavy (non-hydrogen) atoms. The van der Waals surface area contributed by atoms with Crippen LogP contribution in [0.4, 0.5) is 13.2 Å². The molecule has 1 N–H and O–H groups in total. The van der Waals surface area contributed by atoms with Gasteiger partial charge in [-0.3, -0.25) is 14.6 Å². The van der Waals surface area contributed by atoms with Crippen molar-refractivity contribution >= 4 is 5.91 Å². The highest BCUT2D eigenvalue weighted by molar-refractivity contribution is 5.81. The highest BCUT2D eigenvalue weighted by Crippen LogP contribution is 2.32. The quantitative estimate of drug-likeness (QED) is 0.882. The third-order valence-electron chi connectivity index (χ3n) is 4.97. The van der Waals surface area contributed by atoms with E-state index in [1.165, 1.54) is 6.07 Å². The average molecular weight is 355 g/mol. The van der Waals surface area contributed by atoms with E-state index in [0.717, 1.165) is 18.9 Å². The first kappa shape index (κ1) is 18.2. The molecule has 0 radical (unpaired) electrons. The molecule has 1 aromatic rings. The van der Waals surface area contributed by atoms with Crippen molar-refractivity contribution < 1.29 is 18.0 Å². The molecule has 1 saturated heterocycles. The van der Waals surface area contributed by atoms with Gasteiger partial charge < -0.3 is 5.32 Å². The fourth-order valence-electron chi connectivity index (χ4n) is 3.20. The number of nitrogens with one attached hydrogen (secondary N) is 1. The van der Waals surface area contributed by atoms with Crippen LogP contribution in [0.5, 0.6) is 0 Å². The van der Waals surface area contributed by atoms with Gasteiger partial charge >= 0.3 is 6.18 Å². The van der Waals surface area contributed by atoms with Gasteiger partial charge in [-0.2, -0.15) is 13.2 Å². The second-order valence-corrected chi connectivity index (χ2v) is 6.93. The van der Waals surface area contributed by atoms with Gasteiger partial charge in [-0.25, -0.2) is 0 Å². The summed E-state index contributed by atoms with van der Waals surface area (Å²) in [7, 11) is 0. The number of rotatable bonds is 5. The Morgan fingerprint density at radius 2 is 1.84 bits per heavy atom. The summed E-state index contributed by atoms with van der Waals surface area (Å²) in [6.45, 7) is 4.87. The summed E-state index contributed by atoms with van der Waals surface area (Å²) in [5.41, 5.74) is -0.252. The monoisotopic (exact) mass is 355 g/mol. The van der Waals surface area contributed by atoms with Crippen LogP contribution in [0.15, 0.2) is 24.3 Å². The van der Waals surface area contributed by atoms with E-state index in [0.29, 0.717) is 37.8 Å². The van der Waals surface area contributed by atoms with Gasteiger partial charge in [0.2, 0.25) is 5.91 Å². The molecule has 138 valence electrons. The van der Waals surface area contributed by atoms with Crippen LogP contribution in [0.2, 0.25) is 0 Å². The maximum atomic E-state index is 13.1. The van der Waals surface area contributed by atoms with Crippen molar-refractivity contribution in [3.8, 4) is 0 Å². The summed E-state index contributed by atoms with van der Waals surface area (Å²) in [6.07, 6.45) is -2.20. The zero-order chi connectivity index (χ0) is 18.0. The lowest BCUT2D eigenvalue weighted by Gasteiger charge is -2.37. The fraction of sp³-hybridized carbons (Fsp3) is 0.611. The number of hydrogen-bond acceptors (Lipinski definition) is 3. The highest BCUT2D eigenvalue weighted by Gasteiger charge is 2.34.